The van der Waals surface area contributed by atoms with E-state index in [2.05, 4.69) is 27.8 Å². The van der Waals surface area contributed by atoms with Crippen LogP contribution in [0.5, 0.6) is 0 Å². The minimum atomic E-state index is -1.15. The molecular formula is C27H25N3O5. The average Bonchev–Trinajstić information content (AvgIpc) is 3.63. The maximum atomic E-state index is 12.9. The summed E-state index contributed by atoms with van der Waals surface area (Å²) in [5.41, 5.74) is 4.76. The second-order valence-corrected chi connectivity index (χ2v) is 8.93. The molecule has 35 heavy (non-hydrogen) atoms. The summed E-state index contributed by atoms with van der Waals surface area (Å²) in [6, 6.07) is 18.2. The van der Waals surface area contributed by atoms with Gasteiger partial charge in [0.25, 0.3) is 0 Å². The summed E-state index contributed by atoms with van der Waals surface area (Å²) in [4.78, 5) is 40.4. The molecule has 1 fully saturated rings. The predicted molar refractivity (Wildman–Crippen MR) is 129 cm³/mol. The highest BCUT2D eigenvalue weighted by atomic mass is 16.5. The first-order valence-corrected chi connectivity index (χ1v) is 11.6. The standard InChI is InChI=1S/C27H25N3O5/c31-25(29-17-11-12-23(26(32)33)28-14-17)24(13-16-9-10-16)30-27(34)35-15-22-20-7-3-1-5-18(20)19-6-2-4-8-21(19)22/h1-8,11-12,14,16,22,24H,9-10,13,15H2,(H,29,31)(H,30,34)(H,32,33)/t24-/m0/s1. The normalized spacial score (nSPS) is 15.0. The molecule has 5 rings (SSSR count). The quantitative estimate of drug-likeness (QED) is 0.448. The third kappa shape index (κ3) is 5.01. The van der Waals surface area contributed by atoms with Crippen LogP contribution in [0.2, 0.25) is 0 Å². The van der Waals surface area contributed by atoms with Crippen molar-refractivity contribution in [2.24, 2.45) is 5.92 Å². The molecule has 8 nitrogen and oxygen atoms in total. The number of amides is 2. The number of aromatic carboxylic acids is 1. The molecule has 2 aliphatic rings. The fourth-order valence-electron chi connectivity index (χ4n) is 4.52. The number of carboxylic acid groups (broad SMARTS) is 1. The zero-order chi connectivity index (χ0) is 24.4. The van der Waals surface area contributed by atoms with E-state index in [1.165, 1.54) is 18.3 Å². The van der Waals surface area contributed by atoms with Crippen molar-refractivity contribution in [3.63, 3.8) is 0 Å². The Morgan fingerprint density at radius 2 is 1.63 bits per heavy atom. The van der Waals surface area contributed by atoms with E-state index in [1.807, 2.05) is 36.4 Å². The van der Waals surface area contributed by atoms with Gasteiger partial charge < -0.3 is 20.5 Å². The van der Waals surface area contributed by atoms with Crippen molar-refractivity contribution < 1.29 is 24.2 Å². The van der Waals surface area contributed by atoms with E-state index in [-0.39, 0.29) is 18.2 Å². The zero-order valence-electron chi connectivity index (χ0n) is 18.9. The molecule has 3 N–H and O–H groups in total. The number of aromatic nitrogens is 1. The number of carbonyl (C=O) groups is 3. The van der Waals surface area contributed by atoms with E-state index in [0.29, 0.717) is 18.0 Å². The number of anilines is 1. The zero-order valence-corrected chi connectivity index (χ0v) is 18.9. The van der Waals surface area contributed by atoms with E-state index >= 15 is 0 Å². The fraction of sp³-hybridized carbons (Fsp3) is 0.259. The molecular weight excluding hydrogens is 446 g/mol. The Balaban J connectivity index is 1.23. The Bertz CT molecular complexity index is 1220. The molecule has 0 bridgehead atoms. The van der Waals surface area contributed by atoms with Crippen LogP contribution in [0, 0.1) is 5.92 Å². The lowest BCUT2D eigenvalue weighted by Gasteiger charge is -2.19. The molecule has 178 valence electrons. The summed E-state index contributed by atoms with van der Waals surface area (Å²) >= 11 is 0. The van der Waals surface area contributed by atoms with E-state index < -0.39 is 24.0 Å². The van der Waals surface area contributed by atoms with Crippen molar-refractivity contribution in [3.05, 3.63) is 83.7 Å². The Kier molecular flexibility index (Phi) is 6.18. The van der Waals surface area contributed by atoms with Gasteiger partial charge in [-0.05, 0) is 46.7 Å². The summed E-state index contributed by atoms with van der Waals surface area (Å²) < 4.78 is 5.61. The van der Waals surface area contributed by atoms with Crippen molar-refractivity contribution in [3.8, 4) is 11.1 Å². The van der Waals surface area contributed by atoms with Gasteiger partial charge in [-0.15, -0.1) is 0 Å². The number of nitrogens with zero attached hydrogens (tertiary/aromatic N) is 1. The maximum Gasteiger partial charge on any atom is 0.407 e. The minimum Gasteiger partial charge on any atom is -0.477 e. The lowest BCUT2D eigenvalue weighted by atomic mass is 9.98. The average molecular weight is 472 g/mol. The highest BCUT2D eigenvalue weighted by molar-refractivity contribution is 5.96. The van der Waals surface area contributed by atoms with Crippen molar-refractivity contribution in [1.29, 1.82) is 0 Å². The van der Waals surface area contributed by atoms with E-state index in [0.717, 1.165) is 35.1 Å². The Morgan fingerprint density at radius 3 is 2.20 bits per heavy atom. The summed E-state index contributed by atoms with van der Waals surface area (Å²) in [5.74, 6) is -1.23. The van der Waals surface area contributed by atoms with Crippen LogP contribution < -0.4 is 10.6 Å². The van der Waals surface area contributed by atoms with Crippen LogP contribution in [0.4, 0.5) is 10.5 Å². The number of hydrogen-bond acceptors (Lipinski definition) is 5. The third-order valence-electron chi connectivity index (χ3n) is 6.47. The summed E-state index contributed by atoms with van der Waals surface area (Å²) in [6.45, 7) is 0.165. The first kappa shape index (κ1) is 22.6. The molecule has 1 aromatic heterocycles. The lowest BCUT2D eigenvalue weighted by Crippen LogP contribution is -2.44. The van der Waals surface area contributed by atoms with Crippen molar-refractivity contribution >= 4 is 23.7 Å². The van der Waals surface area contributed by atoms with Crippen molar-refractivity contribution in [2.45, 2.75) is 31.2 Å². The lowest BCUT2D eigenvalue weighted by molar-refractivity contribution is -0.118. The van der Waals surface area contributed by atoms with Crippen LogP contribution in [0.1, 0.15) is 46.8 Å². The Labute approximate surface area is 202 Å². The van der Waals surface area contributed by atoms with E-state index in [4.69, 9.17) is 9.84 Å². The number of benzene rings is 2. The number of nitrogens with one attached hydrogen (secondary N) is 2. The van der Waals surface area contributed by atoms with Crippen LogP contribution in [0.15, 0.2) is 66.9 Å². The largest absolute Gasteiger partial charge is 0.477 e. The molecule has 0 spiro atoms. The maximum absolute atomic E-state index is 12.9. The first-order chi connectivity index (χ1) is 17.0. The second kappa shape index (κ2) is 9.58. The van der Waals surface area contributed by atoms with Crippen molar-refractivity contribution in [2.75, 3.05) is 11.9 Å². The highest BCUT2D eigenvalue weighted by Gasteiger charge is 2.32. The molecule has 0 saturated heterocycles. The fourth-order valence-corrected chi connectivity index (χ4v) is 4.52. The van der Waals surface area contributed by atoms with Crippen LogP contribution in [-0.4, -0.2) is 40.7 Å². The monoisotopic (exact) mass is 471 g/mol. The number of fused-ring (bicyclic) bond motifs is 3. The van der Waals surface area contributed by atoms with Gasteiger partial charge in [0.1, 0.15) is 18.3 Å². The number of alkyl carbamates (subject to hydrolysis) is 1. The number of carbonyl (C=O) groups excluding carboxylic acids is 2. The third-order valence-corrected chi connectivity index (χ3v) is 6.47. The number of ether oxygens (including phenoxy) is 1. The molecule has 2 aromatic carbocycles. The van der Waals surface area contributed by atoms with Gasteiger partial charge in [-0.25, -0.2) is 14.6 Å². The van der Waals surface area contributed by atoms with Crippen LogP contribution in [-0.2, 0) is 9.53 Å². The number of pyridine rings is 1. The second-order valence-electron chi connectivity index (χ2n) is 8.93. The topological polar surface area (TPSA) is 118 Å². The van der Waals surface area contributed by atoms with Gasteiger partial charge in [0.2, 0.25) is 5.91 Å². The van der Waals surface area contributed by atoms with Gasteiger partial charge in [0.05, 0.1) is 11.9 Å². The van der Waals surface area contributed by atoms with Gasteiger partial charge in [-0.2, -0.15) is 0 Å². The Hall–Kier alpha value is -4.20. The van der Waals surface area contributed by atoms with Gasteiger partial charge in [0.15, 0.2) is 0 Å². The summed E-state index contributed by atoms with van der Waals surface area (Å²) in [6.07, 6.45) is 3.18. The van der Waals surface area contributed by atoms with Crippen LogP contribution in [0.25, 0.3) is 11.1 Å². The highest BCUT2D eigenvalue weighted by Crippen LogP contribution is 2.44. The summed E-state index contributed by atoms with van der Waals surface area (Å²) in [5, 5.41) is 14.4. The number of hydrogen-bond donors (Lipinski definition) is 3. The minimum absolute atomic E-state index is 0.0670. The van der Waals surface area contributed by atoms with E-state index in [1.54, 1.807) is 0 Å². The molecule has 0 aliphatic heterocycles. The van der Waals surface area contributed by atoms with Gasteiger partial charge in [0, 0.05) is 5.92 Å². The molecule has 0 radical (unpaired) electrons. The number of carboxylic acids is 1. The van der Waals surface area contributed by atoms with Gasteiger partial charge in [-0.3, -0.25) is 4.79 Å². The first-order valence-electron chi connectivity index (χ1n) is 11.6. The smallest absolute Gasteiger partial charge is 0.407 e. The van der Waals surface area contributed by atoms with Gasteiger partial charge in [-0.1, -0.05) is 61.4 Å². The SMILES string of the molecule is O=C(N[C@@H](CC1CC1)C(=O)Nc1ccc(C(=O)O)nc1)OCC1c2ccccc2-c2ccccc21. The molecule has 1 heterocycles. The molecule has 1 atom stereocenters. The molecule has 3 aromatic rings. The molecule has 0 unspecified atom stereocenters. The summed E-state index contributed by atoms with van der Waals surface area (Å²) in [7, 11) is 0. The van der Waals surface area contributed by atoms with Crippen molar-refractivity contribution in [1.82, 2.24) is 10.3 Å². The number of rotatable bonds is 8. The molecule has 2 amide bonds. The predicted octanol–water partition coefficient (Wildman–Crippen LogP) is 4.43. The van der Waals surface area contributed by atoms with E-state index in [9.17, 15) is 14.4 Å². The van der Waals surface area contributed by atoms with Crippen LogP contribution >= 0.6 is 0 Å². The van der Waals surface area contributed by atoms with Gasteiger partial charge >= 0.3 is 12.1 Å². The Morgan fingerprint density at radius 1 is 0.971 bits per heavy atom. The molecule has 2 aliphatic carbocycles. The van der Waals surface area contributed by atoms with Crippen LogP contribution in [0.3, 0.4) is 0 Å². The molecule has 1 saturated carbocycles. The molecule has 8 heteroatoms.